The number of esters is 1. The van der Waals surface area contributed by atoms with E-state index in [1.54, 1.807) is 13.7 Å². The first-order valence-corrected chi connectivity index (χ1v) is 5.85. The zero-order valence-electron chi connectivity index (χ0n) is 11.4. The fraction of sp³-hybridized carbons (Fsp3) is 0.692. The van der Waals surface area contributed by atoms with E-state index in [2.05, 4.69) is 6.58 Å². The van der Waals surface area contributed by atoms with E-state index < -0.39 is 11.7 Å². The van der Waals surface area contributed by atoms with Gasteiger partial charge < -0.3 is 14.2 Å². The maximum atomic E-state index is 11.0. The molecule has 1 heterocycles. The summed E-state index contributed by atoms with van der Waals surface area (Å²) in [5.74, 6) is -0.232. The Bertz CT molecular complexity index is 295. The van der Waals surface area contributed by atoms with Gasteiger partial charge in [-0.15, -0.1) is 6.58 Å². The summed E-state index contributed by atoms with van der Waals surface area (Å²) in [6, 6.07) is 0. The predicted octanol–water partition coefficient (Wildman–Crippen LogP) is 2.10. The van der Waals surface area contributed by atoms with Crippen molar-refractivity contribution in [3.63, 3.8) is 0 Å². The van der Waals surface area contributed by atoms with Gasteiger partial charge in [-0.25, -0.2) is 0 Å². The summed E-state index contributed by atoms with van der Waals surface area (Å²) in [5, 5.41) is 0. The first-order valence-electron chi connectivity index (χ1n) is 5.85. The standard InChI is InChI=1S/C13H21O4.U/c1-6-9(3)13(7-2)12(15-5)11(8-16-13)17-10(4)14;/h6,8-9,11-12H,1,7H2,2-5H3;/q-1;/t9-,11-,12-,13+;/m0./s1. The third-order valence-corrected chi connectivity index (χ3v) is 3.43. The Hall–Kier alpha value is 0.182. The van der Waals surface area contributed by atoms with Gasteiger partial charge in [0.15, 0.2) is 0 Å². The Labute approximate surface area is 133 Å². The van der Waals surface area contributed by atoms with Crippen molar-refractivity contribution >= 4 is 5.97 Å². The molecule has 1 aliphatic heterocycles. The van der Waals surface area contributed by atoms with Crippen LogP contribution < -0.4 is 0 Å². The summed E-state index contributed by atoms with van der Waals surface area (Å²) < 4.78 is 16.4. The van der Waals surface area contributed by atoms with Gasteiger partial charge in [-0.1, -0.05) is 19.9 Å². The minimum absolute atomic E-state index is 0. The van der Waals surface area contributed by atoms with Gasteiger partial charge in [-0.2, -0.15) is 6.61 Å². The van der Waals surface area contributed by atoms with E-state index in [9.17, 15) is 4.79 Å². The summed E-state index contributed by atoms with van der Waals surface area (Å²) >= 11 is 0. The van der Waals surface area contributed by atoms with Crippen LogP contribution in [0.15, 0.2) is 12.7 Å². The van der Waals surface area contributed by atoms with Crippen molar-refractivity contribution in [2.75, 3.05) is 7.11 Å². The first-order chi connectivity index (χ1) is 8.01. The van der Waals surface area contributed by atoms with Crippen molar-refractivity contribution in [2.24, 2.45) is 5.92 Å². The van der Waals surface area contributed by atoms with Crippen LogP contribution in [-0.4, -0.2) is 30.9 Å². The summed E-state index contributed by atoms with van der Waals surface area (Å²) in [7, 11) is 1.60. The number of methoxy groups -OCH3 is 1. The molecule has 1 fully saturated rings. The third-order valence-electron chi connectivity index (χ3n) is 3.43. The minimum Gasteiger partial charge on any atom is -0.541 e. The van der Waals surface area contributed by atoms with Crippen LogP contribution in [0.1, 0.15) is 27.2 Å². The number of carbonyl (C=O) groups excluding carboxylic acids is 1. The predicted molar refractivity (Wildman–Crippen MR) is 64.1 cm³/mol. The van der Waals surface area contributed by atoms with Gasteiger partial charge in [0.05, 0.1) is 11.7 Å². The molecule has 5 heteroatoms. The van der Waals surface area contributed by atoms with Gasteiger partial charge in [0, 0.05) is 57.2 Å². The van der Waals surface area contributed by atoms with E-state index in [0.717, 1.165) is 6.42 Å². The zero-order chi connectivity index (χ0) is 13.1. The molecule has 0 aromatic heterocycles. The number of rotatable bonds is 5. The Morgan fingerprint density at radius 3 is 2.67 bits per heavy atom. The topological polar surface area (TPSA) is 44.8 Å². The molecule has 1 saturated heterocycles. The van der Waals surface area contributed by atoms with Gasteiger partial charge in [0.2, 0.25) is 0 Å². The van der Waals surface area contributed by atoms with Gasteiger partial charge in [0.25, 0.3) is 5.97 Å². The number of hydrogen-bond donors (Lipinski definition) is 0. The van der Waals surface area contributed by atoms with E-state index in [4.69, 9.17) is 14.2 Å². The second kappa shape index (κ2) is 7.69. The molecule has 18 heavy (non-hydrogen) atoms. The van der Waals surface area contributed by atoms with Gasteiger partial charge in [0.1, 0.15) is 0 Å². The molecule has 0 spiro atoms. The van der Waals surface area contributed by atoms with Crippen LogP contribution in [0.3, 0.4) is 0 Å². The van der Waals surface area contributed by atoms with Crippen molar-refractivity contribution in [1.29, 1.82) is 0 Å². The molecule has 4 nitrogen and oxygen atoms in total. The molecule has 1 rings (SSSR count). The number of ether oxygens (including phenoxy) is 3. The maximum Gasteiger partial charge on any atom is 0.300 e. The van der Waals surface area contributed by atoms with Gasteiger partial charge >= 0.3 is 0 Å². The van der Waals surface area contributed by atoms with Crippen LogP contribution in [0.5, 0.6) is 0 Å². The largest absolute Gasteiger partial charge is 0.541 e. The van der Waals surface area contributed by atoms with Crippen LogP contribution >= 0.6 is 0 Å². The van der Waals surface area contributed by atoms with Gasteiger partial charge in [-0.3, -0.25) is 4.79 Å². The maximum absolute atomic E-state index is 11.0. The first kappa shape index (κ1) is 18.2. The number of carbonyl (C=O) groups is 1. The average molecular weight is 479 g/mol. The van der Waals surface area contributed by atoms with Crippen molar-refractivity contribution in [3.05, 3.63) is 19.3 Å². The summed E-state index contributed by atoms with van der Waals surface area (Å²) in [4.78, 5) is 11.0. The second-order valence-corrected chi connectivity index (χ2v) is 4.32. The van der Waals surface area contributed by atoms with E-state index in [1.807, 2.05) is 19.9 Å². The Morgan fingerprint density at radius 2 is 2.28 bits per heavy atom. The molecule has 0 bridgehead atoms. The molecule has 0 unspecified atom stereocenters. The molecular formula is C13H21O4U-. The van der Waals surface area contributed by atoms with Crippen molar-refractivity contribution in [1.82, 2.24) is 0 Å². The molecule has 0 radical (unpaired) electrons. The second-order valence-electron chi connectivity index (χ2n) is 4.32. The monoisotopic (exact) mass is 479 g/mol. The van der Waals surface area contributed by atoms with Crippen LogP contribution in [0, 0.1) is 43.6 Å². The molecule has 4 atom stereocenters. The van der Waals surface area contributed by atoms with Crippen molar-refractivity contribution in [3.8, 4) is 0 Å². The molecule has 0 amide bonds. The summed E-state index contributed by atoms with van der Waals surface area (Å²) in [6.45, 7) is 10.8. The fourth-order valence-corrected chi connectivity index (χ4v) is 2.40. The SMILES string of the molecule is C=C[C@H](C)[C@@]1(CC)O[CH-][C@H](OC(C)=O)[C@@H]1OC.[U]. The Balaban J connectivity index is 0.00000289. The average Bonchev–Trinajstić information content (AvgIpc) is 2.66. The molecule has 0 aromatic carbocycles. The third kappa shape index (κ3) is 3.39. The van der Waals surface area contributed by atoms with Crippen LogP contribution in [0.25, 0.3) is 0 Å². The molecule has 0 aliphatic carbocycles. The zero-order valence-corrected chi connectivity index (χ0v) is 15.6. The van der Waals surface area contributed by atoms with E-state index in [1.165, 1.54) is 6.92 Å². The quantitative estimate of drug-likeness (QED) is 0.344. The van der Waals surface area contributed by atoms with Crippen molar-refractivity contribution in [2.45, 2.75) is 45.0 Å². The summed E-state index contributed by atoms with van der Waals surface area (Å²) in [6.07, 6.45) is 1.83. The number of hydrogen-bond acceptors (Lipinski definition) is 4. The smallest absolute Gasteiger partial charge is 0.300 e. The van der Waals surface area contributed by atoms with Gasteiger partial charge in [-0.05, 0) is 6.42 Å². The fourth-order valence-electron chi connectivity index (χ4n) is 2.40. The van der Waals surface area contributed by atoms with Crippen molar-refractivity contribution < 1.29 is 50.1 Å². The Morgan fingerprint density at radius 1 is 1.67 bits per heavy atom. The molecule has 0 N–H and O–H groups in total. The Kier molecular flexibility index (Phi) is 7.77. The van der Waals surface area contributed by atoms with E-state index >= 15 is 0 Å². The van der Waals surface area contributed by atoms with E-state index in [-0.39, 0.29) is 49.1 Å². The van der Waals surface area contributed by atoms with Crippen LogP contribution in [-0.2, 0) is 19.0 Å². The summed E-state index contributed by atoms with van der Waals surface area (Å²) in [5.41, 5.74) is -0.503. The normalized spacial score (nSPS) is 32.4. The molecule has 1 aliphatic rings. The van der Waals surface area contributed by atoms with Crippen LogP contribution in [0.4, 0.5) is 0 Å². The molecule has 0 aromatic rings. The molecular weight excluding hydrogens is 458 g/mol. The van der Waals surface area contributed by atoms with E-state index in [0.29, 0.717) is 0 Å². The minimum atomic E-state index is -0.503. The van der Waals surface area contributed by atoms with Crippen LogP contribution in [0.2, 0.25) is 0 Å². The molecule has 0 saturated carbocycles. The molecule has 102 valence electrons.